The van der Waals surface area contributed by atoms with Gasteiger partial charge in [-0.05, 0) is 60.5 Å². The zero-order chi connectivity index (χ0) is 23.8. The molecule has 0 heterocycles. The molecule has 3 aromatic carbocycles. The molecule has 0 saturated carbocycles. The molecule has 0 aliphatic heterocycles. The molecule has 0 aromatic heterocycles. The normalized spacial score (nSPS) is 11.1. The van der Waals surface area contributed by atoms with E-state index in [0.29, 0.717) is 31.2 Å². The summed E-state index contributed by atoms with van der Waals surface area (Å²) >= 11 is 0. The first-order chi connectivity index (χ1) is 15.9. The summed E-state index contributed by atoms with van der Waals surface area (Å²) in [5.41, 5.74) is 2.69. The maximum absolute atomic E-state index is 13.1. The van der Waals surface area contributed by atoms with Gasteiger partial charge in [0, 0.05) is 25.8 Å². The highest BCUT2D eigenvalue weighted by Crippen LogP contribution is 2.24. The molecular weight excluding hydrogens is 440 g/mol. The summed E-state index contributed by atoms with van der Waals surface area (Å²) < 4.78 is 38.1. The van der Waals surface area contributed by atoms with Crippen molar-refractivity contribution in [1.29, 1.82) is 0 Å². The van der Waals surface area contributed by atoms with Crippen LogP contribution < -0.4 is 14.4 Å². The predicted octanol–water partition coefficient (Wildman–Crippen LogP) is 3.99. The van der Waals surface area contributed by atoms with E-state index in [9.17, 15) is 13.2 Å². The summed E-state index contributed by atoms with van der Waals surface area (Å²) in [6.45, 7) is 3.31. The maximum Gasteiger partial charge on any atom is 0.264 e. The van der Waals surface area contributed by atoms with Crippen molar-refractivity contribution in [1.82, 2.24) is 5.32 Å². The number of amides is 1. The maximum atomic E-state index is 13.1. The van der Waals surface area contributed by atoms with E-state index >= 15 is 0 Å². The summed E-state index contributed by atoms with van der Waals surface area (Å²) in [5, 5.41) is 2.87. The lowest BCUT2D eigenvalue weighted by molar-refractivity contribution is 0.0949. The number of sulfonamides is 1. The molecule has 0 atom stereocenters. The van der Waals surface area contributed by atoms with E-state index in [0.717, 1.165) is 11.1 Å². The highest BCUT2D eigenvalue weighted by atomic mass is 32.2. The third kappa shape index (κ3) is 5.91. The molecule has 33 heavy (non-hydrogen) atoms. The van der Waals surface area contributed by atoms with E-state index in [2.05, 4.69) is 5.32 Å². The fraction of sp³-hybridized carbons (Fsp3) is 0.240. The largest absolute Gasteiger partial charge is 0.497 e. The van der Waals surface area contributed by atoms with Crippen molar-refractivity contribution in [3.8, 4) is 5.75 Å². The van der Waals surface area contributed by atoms with Crippen LogP contribution in [-0.2, 0) is 27.9 Å². The van der Waals surface area contributed by atoms with Gasteiger partial charge in [0.05, 0.1) is 24.3 Å². The predicted molar refractivity (Wildman–Crippen MR) is 128 cm³/mol. The van der Waals surface area contributed by atoms with E-state index in [1.165, 1.54) is 23.5 Å². The van der Waals surface area contributed by atoms with Gasteiger partial charge < -0.3 is 14.8 Å². The van der Waals surface area contributed by atoms with E-state index in [1.807, 2.05) is 31.2 Å². The minimum absolute atomic E-state index is 0.0326. The highest BCUT2D eigenvalue weighted by molar-refractivity contribution is 7.92. The number of methoxy groups -OCH3 is 1. The van der Waals surface area contributed by atoms with E-state index in [1.54, 1.807) is 43.5 Å². The zero-order valence-corrected chi connectivity index (χ0v) is 19.8. The van der Waals surface area contributed by atoms with Crippen LogP contribution in [0.3, 0.4) is 0 Å². The lowest BCUT2D eigenvalue weighted by atomic mass is 10.1. The summed E-state index contributed by atoms with van der Waals surface area (Å²) in [7, 11) is -0.839. The molecule has 0 unspecified atom stereocenters. The molecule has 0 saturated heterocycles. The van der Waals surface area contributed by atoms with Gasteiger partial charge in [0.2, 0.25) is 0 Å². The average Bonchev–Trinajstić information content (AvgIpc) is 2.86. The average molecular weight is 469 g/mol. The quantitative estimate of drug-likeness (QED) is 0.486. The summed E-state index contributed by atoms with van der Waals surface area (Å²) in [4.78, 5) is 12.8. The van der Waals surface area contributed by atoms with Crippen LogP contribution in [0.4, 0.5) is 5.69 Å². The van der Waals surface area contributed by atoms with Crippen LogP contribution >= 0.6 is 0 Å². The number of rotatable bonds is 10. The van der Waals surface area contributed by atoms with Crippen molar-refractivity contribution in [2.45, 2.75) is 25.0 Å². The molecule has 0 fully saturated rings. The van der Waals surface area contributed by atoms with Gasteiger partial charge in [-0.25, -0.2) is 8.42 Å². The monoisotopic (exact) mass is 468 g/mol. The molecule has 1 amide bonds. The first kappa shape index (κ1) is 24.3. The molecule has 0 aliphatic rings. The van der Waals surface area contributed by atoms with Gasteiger partial charge in [-0.15, -0.1) is 0 Å². The van der Waals surface area contributed by atoms with Crippen molar-refractivity contribution in [2.24, 2.45) is 0 Å². The van der Waals surface area contributed by atoms with Crippen LogP contribution in [0.2, 0.25) is 0 Å². The highest BCUT2D eigenvalue weighted by Gasteiger charge is 2.22. The summed E-state index contributed by atoms with van der Waals surface area (Å²) in [5.74, 6) is 0.274. The lowest BCUT2D eigenvalue weighted by Gasteiger charge is -2.20. The number of benzene rings is 3. The Balaban J connectivity index is 1.75. The number of anilines is 1. The van der Waals surface area contributed by atoms with Crippen molar-refractivity contribution >= 4 is 21.6 Å². The van der Waals surface area contributed by atoms with Crippen molar-refractivity contribution in [2.75, 3.05) is 25.1 Å². The Kier molecular flexibility index (Phi) is 8.08. The molecule has 8 heteroatoms. The standard InChI is InChI=1S/C25H28N2O5S/c1-4-32-18-21-9-6-5-8-20(21)17-26-25(28)19-10-7-11-24(16-19)33(29,30)27(2)22-12-14-23(31-3)15-13-22/h5-16H,4,17-18H2,1-3H3,(H,26,28). The van der Waals surface area contributed by atoms with Crippen molar-refractivity contribution in [3.63, 3.8) is 0 Å². The Bertz CT molecular complexity index is 1190. The van der Waals surface area contributed by atoms with Gasteiger partial charge in [0.25, 0.3) is 15.9 Å². The molecule has 0 bridgehead atoms. The molecule has 3 rings (SSSR count). The van der Waals surface area contributed by atoms with Crippen LogP contribution in [0.25, 0.3) is 0 Å². The molecule has 0 spiro atoms. The first-order valence-corrected chi connectivity index (χ1v) is 12.0. The summed E-state index contributed by atoms with van der Waals surface area (Å²) in [6.07, 6.45) is 0. The molecule has 0 aliphatic carbocycles. The Morgan fingerprint density at radius 2 is 1.67 bits per heavy atom. The molecule has 1 N–H and O–H groups in total. The second-order valence-electron chi connectivity index (χ2n) is 7.29. The molecule has 174 valence electrons. The number of carbonyl (C=O) groups is 1. The Labute approximate surface area is 195 Å². The van der Waals surface area contributed by atoms with Gasteiger partial charge >= 0.3 is 0 Å². The third-order valence-electron chi connectivity index (χ3n) is 5.21. The second kappa shape index (κ2) is 11.0. The zero-order valence-electron chi connectivity index (χ0n) is 18.9. The fourth-order valence-electron chi connectivity index (χ4n) is 3.25. The van der Waals surface area contributed by atoms with Crippen molar-refractivity contribution in [3.05, 3.63) is 89.5 Å². The number of carbonyl (C=O) groups excluding carboxylic acids is 1. The van der Waals surface area contributed by atoms with Crippen LogP contribution in [0, 0.1) is 0 Å². The number of nitrogens with zero attached hydrogens (tertiary/aromatic N) is 1. The second-order valence-corrected chi connectivity index (χ2v) is 9.26. The Morgan fingerprint density at radius 3 is 2.33 bits per heavy atom. The first-order valence-electron chi connectivity index (χ1n) is 10.5. The third-order valence-corrected chi connectivity index (χ3v) is 6.99. The molecular formula is C25H28N2O5S. The van der Waals surface area contributed by atoms with Crippen LogP contribution in [0.15, 0.2) is 77.7 Å². The topological polar surface area (TPSA) is 84.9 Å². The van der Waals surface area contributed by atoms with Gasteiger partial charge in [0.15, 0.2) is 0 Å². The number of hydrogen-bond donors (Lipinski definition) is 1. The van der Waals surface area contributed by atoms with Gasteiger partial charge in [0.1, 0.15) is 5.75 Å². The number of hydrogen-bond acceptors (Lipinski definition) is 5. The minimum Gasteiger partial charge on any atom is -0.497 e. The Morgan fingerprint density at radius 1 is 0.970 bits per heavy atom. The van der Waals surface area contributed by atoms with Crippen LogP contribution in [-0.4, -0.2) is 35.1 Å². The van der Waals surface area contributed by atoms with Gasteiger partial charge in [-0.1, -0.05) is 30.3 Å². The number of nitrogens with one attached hydrogen (secondary N) is 1. The number of ether oxygens (including phenoxy) is 2. The van der Waals surface area contributed by atoms with E-state index in [4.69, 9.17) is 9.47 Å². The molecule has 3 aromatic rings. The smallest absolute Gasteiger partial charge is 0.264 e. The fourth-order valence-corrected chi connectivity index (χ4v) is 4.49. The van der Waals surface area contributed by atoms with E-state index in [-0.39, 0.29) is 16.4 Å². The minimum atomic E-state index is -3.86. The lowest BCUT2D eigenvalue weighted by Crippen LogP contribution is -2.27. The van der Waals surface area contributed by atoms with Crippen LogP contribution in [0.1, 0.15) is 28.4 Å². The van der Waals surface area contributed by atoms with Crippen molar-refractivity contribution < 1.29 is 22.7 Å². The van der Waals surface area contributed by atoms with Crippen LogP contribution in [0.5, 0.6) is 5.75 Å². The molecule has 0 radical (unpaired) electrons. The molecule has 7 nitrogen and oxygen atoms in total. The van der Waals surface area contributed by atoms with E-state index < -0.39 is 10.0 Å². The van der Waals surface area contributed by atoms with Gasteiger partial charge in [-0.3, -0.25) is 9.10 Å². The van der Waals surface area contributed by atoms with Gasteiger partial charge in [-0.2, -0.15) is 0 Å². The summed E-state index contributed by atoms with van der Waals surface area (Å²) in [6, 6.07) is 20.4. The SMILES string of the molecule is CCOCc1ccccc1CNC(=O)c1cccc(S(=O)(=O)N(C)c2ccc(OC)cc2)c1. The Hall–Kier alpha value is -3.36.